The molecule has 0 radical (unpaired) electrons. The number of aliphatic hydroxyl groups is 2. The molecule has 0 aliphatic heterocycles. The maximum Gasteiger partial charge on any atom is 0.119 e. The van der Waals surface area contributed by atoms with Gasteiger partial charge in [-0.3, -0.25) is 0 Å². The quantitative estimate of drug-likeness (QED) is 0.818. The van der Waals surface area contributed by atoms with Gasteiger partial charge in [-0.05, 0) is 36.1 Å². The van der Waals surface area contributed by atoms with Crippen LogP contribution in [0.25, 0.3) is 0 Å². The molecular formula is C15H24O3. The van der Waals surface area contributed by atoms with Crippen LogP contribution in [0.5, 0.6) is 5.75 Å². The molecule has 0 spiro atoms. The summed E-state index contributed by atoms with van der Waals surface area (Å²) in [5.41, 5.74) is 1.71. The van der Waals surface area contributed by atoms with Crippen LogP contribution in [-0.4, -0.2) is 23.4 Å². The van der Waals surface area contributed by atoms with E-state index >= 15 is 0 Å². The van der Waals surface area contributed by atoms with Crippen molar-refractivity contribution in [3.63, 3.8) is 0 Å². The van der Waals surface area contributed by atoms with Crippen molar-refractivity contribution < 1.29 is 14.9 Å². The molecule has 0 fully saturated rings. The summed E-state index contributed by atoms with van der Waals surface area (Å²) in [4.78, 5) is 0. The van der Waals surface area contributed by atoms with Gasteiger partial charge in [0.1, 0.15) is 11.9 Å². The summed E-state index contributed by atoms with van der Waals surface area (Å²) in [7, 11) is 1.61. The lowest BCUT2D eigenvalue weighted by atomic mass is 9.88. The van der Waals surface area contributed by atoms with Crippen LogP contribution >= 0.6 is 0 Å². The second-order valence-electron chi connectivity index (χ2n) is 4.73. The third-order valence-electron chi connectivity index (χ3n) is 3.65. The van der Waals surface area contributed by atoms with Crippen molar-refractivity contribution in [1.82, 2.24) is 0 Å². The lowest BCUT2D eigenvalue weighted by Gasteiger charge is -2.26. The Morgan fingerprint density at radius 2 is 1.78 bits per heavy atom. The predicted octanol–water partition coefficient (Wildman–Crippen LogP) is 2.83. The van der Waals surface area contributed by atoms with E-state index in [0.717, 1.165) is 29.7 Å². The SMILES string of the molecule is CCC(CC)C(O)C(O)c1ccc(OC)cc1C. The van der Waals surface area contributed by atoms with Crippen LogP contribution in [0.1, 0.15) is 43.9 Å². The lowest BCUT2D eigenvalue weighted by molar-refractivity contribution is -0.0212. The van der Waals surface area contributed by atoms with Crippen LogP contribution in [0.15, 0.2) is 18.2 Å². The zero-order valence-electron chi connectivity index (χ0n) is 11.7. The summed E-state index contributed by atoms with van der Waals surface area (Å²) in [6.07, 6.45) is 0.182. The molecule has 0 aliphatic carbocycles. The minimum absolute atomic E-state index is 0.126. The average Bonchev–Trinajstić information content (AvgIpc) is 2.39. The van der Waals surface area contributed by atoms with Crippen LogP contribution in [0.3, 0.4) is 0 Å². The summed E-state index contributed by atoms with van der Waals surface area (Å²) in [5.74, 6) is 0.891. The minimum atomic E-state index is -0.833. The number of hydrogen-bond acceptors (Lipinski definition) is 3. The van der Waals surface area contributed by atoms with Gasteiger partial charge in [0.15, 0.2) is 0 Å². The summed E-state index contributed by atoms with van der Waals surface area (Å²) in [6, 6.07) is 5.51. The highest BCUT2D eigenvalue weighted by Gasteiger charge is 2.26. The van der Waals surface area contributed by atoms with Crippen molar-refractivity contribution >= 4 is 0 Å². The Balaban J connectivity index is 2.92. The van der Waals surface area contributed by atoms with Crippen LogP contribution in [-0.2, 0) is 0 Å². The Kier molecular flexibility index (Phi) is 5.63. The van der Waals surface area contributed by atoms with Gasteiger partial charge in [-0.25, -0.2) is 0 Å². The molecule has 0 amide bonds. The van der Waals surface area contributed by atoms with E-state index < -0.39 is 12.2 Å². The van der Waals surface area contributed by atoms with E-state index in [-0.39, 0.29) is 5.92 Å². The lowest BCUT2D eigenvalue weighted by Crippen LogP contribution is -2.27. The van der Waals surface area contributed by atoms with Crippen LogP contribution in [0, 0.1) is 12.8 Å². The second-order valence-corrected chi connectivity index (χ2v) is 4.73. The fraction of sp³-hybridized carbons (Fsp3) is 0.600. The van der Waals surface area contributed by atoms with Gasteiger partial charge in [0.05, 0.1) is 13.2 Å². The van der Waals surface area contributed by atoms with Gasteiger partial charge < -0.3 is 14.9 Å². The Labute approximate surface area is 109 Å². The third-order valence-corrected chi connectivity index (χ3v) is 3.65. The van der Waals surface area contributed by atoms with Crippen molar-refractivity contribution in [1.29, 1.82) is 0 Å². The summed E-state index contributed by atoms with van der Waals surface area (Å²) < 4.78 is 5.14. The normalized spacial score (nSPS) is 14.6. The summed E-state index contributed by atoms with van der Waals surface area (Å²) >= 11 is 0. The first-order chi connectivity index (χ1) is 8.54. The molecule has 0 bridgehead atoms. The fourth-order valence-corrected chi connectivity index (χ4v) is 2.32. The first-order valence-corrected chi connectivity index (χ1v) is 6.55. The van der Waals surface area contributed by atoms with Gasteiger partial charge in [0.2, 0.25) is 0 Å². The third kappa shape index (κ3) is 3.24. The molecule has 0 aliphatic rings. The largest absolute Gasteiger partial charge is 0.497 e. The molecule has 1 aromatic carbocycles. The minimum Gasteiger partial charge on any atom is -0.497 e. The number of benzene rings is 1. The van der Waals surface area contributed by atoms with E-state index in [1.54, 1.807) is 7.11 Å². The second kappa shape index (κ2) is 6.76. The molecule has 0 aromatic heterocycles. The Bertz CT molecular complexity index is 372. The van der Waals surface area contributed by atoms with E-state index in [1.165, 1.54) is 0 Å². The fourth-order valence-electron chi connectivity index (χ4n) is 2.32. The number of rotatable bonds is 6. The average molecular weight is 252 g/mol. The van der Waals surface area contributed by atoms with Gasteiger partial charge in [-0.2, -0.15) is 0 Å². The first-order valence-electron chi connectivity index (χ1n) is 6.55. The number of ether oxygens (including phenoxy) is 1. The van der Waals surface area contributed by atoms with Crippen LogP contribution < -0.4 is 4.74 Å². The zero-order valence-corrected chi connectivity index (χ0v) is 11.7. The number of hydrogen-bond donors (Lipinski definition) is 2. The van der Waals surface area contributed by atoms with E-state index in [2.05, 4.69) is 0 Å². The van der Waals surface area contributed by atoms with Crippen molar-refractivity contribution in [3.05, 3.63) is 29.3 Å². The maximum atomic E-state index is 10.3. The molecule has 3 heteroatoms. The Morgan fingerprint density at radius 3 is 2.22 bits per heavy atom. The van der Waals surface area contributed by atoms with Crippen LogP contribution in [0.4, 0.5) is 0 Å². The van der Waals surface area contributed by atoms with Gasteiger partial charge >= 0.3 is 0 Å². The molecule has 102 valence electrons. The Hall–Kier alpha value is -1.06. The standard InChI is InChI=1S/C15H24O3/c1-5-11(6-2)14(16)15(17)13-8-7-12(18-4)9-10(13)3/h7-9,11,14-17H,5-6H2,1-4H3. The van der Waals surface area contributed by atoms with Crippen molar-refractivity contribution in [3.8, 4) is 5.75 Å². The molecule has 3 nitrogen and oxygen atoms in total. The van der Waals surface area contributed by atoms with E-state index in [0.29, 0.717) is 0 Å². The molecule has 2 atom stereocenters. The molecule has 18 heavy (non-hydrogen) atoms. The van der Waals surface area contributed by atoms with E-state index in [4.69, 9.17) is 4.74 Å². The summed E-state index contributed by atoms with van der Waals surface area (Å²) in [6.45, 7) is 5.98. The molecule has 2 N–H and O–H groups in total. The highest BCUT2D eigenvalue weighted by atomic mass is 16.5. The van der Waals surface area contributed by atoms with Crippen molar-refractivity contribution in [2.75, 3.05) is 7.11 Å². The number of aliphatic hydroxyl groups excluding tert-OH is 2. The van der Waals surface area contributed by atoms with Gasteiger partial charge in [0, 0.05) is 0 Å². The van der Waals surface area contributed by atoms with Gasteiger partial charge in [-0.1, -0.05) is 32.8 Å². The topological polar surface area (TPSA) is 49.7 Å². The number of aryl methyl sites for hydroxylation is 1. The molecule has 1 aromatic rings. The number of methoxy groups -OCH3 is 1. The Morgan fingerprint density at radius 1 is 1.17 bits per heavy atom. The van der Waals surface area contributed by atoms with Gasteiger partial charge in [-0.15, -0.1) is 0 Å². The van der Waals surface area contributed by atoms with E-state index in [9.17, 15) is 10.2 Å². The van der Waals surface area contributed by atoms with Gasteiger partial charge in [0.25, 0.3) is 0 Å². The zero-order chi connectivity index (χ0) is 13.7. The predicted molar refractivity (Wildman–Crippen MR) is 72.8 cm³/mol. The van der Waals surface area contributed by atoms with Crippen LogP contribution in [0.2, 0.25) is 0 Å². The molecule has 0 heterocycles. The highest BCUT2D eigenvalue weighted by molar-refractivity contribution is 5.36. The first kappa shape index (κ1) is 15.0. The molecule has 0 saturated heterocycles. The van der Waals surface area contributed by atoms with Crippen molar-refractivity contribution in [2.24, 2.45) is 5.92 Å². The molecule has 1 rings (SSSR count). The molecular weight excluding hydrogens is 228 g/mol. The summed E-state index contributed by atoms with van der Waals surface area (Å²) in [5, 5.41) is 20.5. The molecule has 0 saturated carbocycles. The van der Waals surface area contributed by atoms with Crippen molar-refractivity contribution in [2.45, 2.75) is 45.8 Å². The smallest absolute Gasteiger partial charge is 0.119 e. The van der Waals surface area contributed by atoms with E-state index in [1.807, 2.05) is 39.0 Å². The maximum absolute atomic E-state index is 10.3. The highest BCUT2D eigenvalue weighted by Crippen LogP contribution is 2.29. The molecule has 2 unspecified atom stereocenters. The monoisotopic (exact) mass is 252 g/mol.